The number of guanidine groups is 1. The van der Waals surface area contributed by atoms with Gasteiger partial charge in [-0.2, -0.15) is 0 Å². The first-order chi connectivity index (χ1) is 10.5. The summed E-state index contributed by atoms with van der Waals surface area (Å²) in [6, 6.07) is 0.487. The predicted octanol–water partition coefficient (Wildman–Crippen LogP) is 2.53. The van der Waals surface area contributed by atoms with E-state index in [1.54, 1.807) is 0 Å². The molecule has 0 bridgehead atoms. The highest BCUT2D eigenvalue weighted by atomic mass is 127. The van der Waals surface area contributed by atoms with Gasteiger partial charge in [0.2, 0.25) is 0 Å². The molecule has 0 radical (unpaired) electrons. The fourth-order valence-corrected chi connectivity index (χ4v) is 3.71. The van der Waals surface area contributed by atoms with Gasteiger partial charge in [0.1, 0.15) is 0 Å². The number of hydrogen-bond donors (Lipinski definition) is 3. The van der Waals surface area contributed by atoms with Gasteiger partial charge in [0, 0.05) is 38.6 Å². The third-order valence-corrected chi connectivity index (χ3v) is 4.82. The number of nitrogens with one attached hydrogen (secondary N) is 2. The maximum Gasteiger partial charge on any atom is 0.191 e. The number of ether oxygens (including phenoxy) is 1. The van der Waals surface area contributed by atoms with E-state index < -0.39 is 5.60 Å². The van der Waals surface area contributed by atoms with E-state index in [0.29, 0.717) is 38.6 Å². The molecule has 2 aliphatic rings. The Hall–Kier alpha value is -0.0800. The van der Waals surface area contributed by atoms with E-state index in [1.165, 1.54) is 19.3 Å². The molecule has 2 atom stereocenters. The van der Waals surface area contributed by atoms with E-state index in [-0.39, 0.29) is 24.0 Å². The van der Waals surface area contributed by atoms with Crippen LogP contribution in [-0.2, 0) is 4.74 Å². The molecule has 1 aliphatic carbocycles. The summed E-state index contributed by atoms with van der Waals surface area (Å²) in [5.41, 5.74) is -0.701. The van der Waals surface area contributed by atoms with Gasteiger partial charge in [0.05, 0.1) is 12.1 Å². The molecule has 0 aromatic carbocycles. The topological polar surface area (TPSA) is 65.9 Å². The summed E-state index contributed by atoms with van der Waals surface area (Å²) in [7, 11) is 0. The minimum absolute atomic E-state index is 0. The highest BCUT2D eigenvalue weighted by Gasteiger charge is 2.30. The van der Waals surface area contributed by atoms with Crippen molar-refractivity contribution in [1.82, 2.24) is 10.6 Å². The molecule has 6 heteroatoms. The van der Waals surface area contributed by atoms with Crippen LogP contribution in [0, 0.1) is 11.8 Å². The molecule has 136 valence electrons. The lowest BCUT2D eigenvalue weighted by atomic mass is 9.80. The van der Waals surface area contributed by atoms with Gasteiger partial charge in [0.15, 0.2) is 5.96 Å². The van der Waals surface area contributed by atoms with Crippen LogP contribution in [-0.4, -0.2) is 49.0 Å². The highest BCUT2D eigenvalue weighted by Crippen LogP contribution is 2.28. The molecule has 23 heavy (non-hydrogen) atoms. The smallest absolute Gasteiger partial charge is 0.191 e. The summed E-state index contributed by atoms with van der Waals surface area (Å²) in [5, 5.41) is 17.4. The summed E-state index contributed by atoms with van der Waals surface area (Å²) in [6.07, 6.45) is 5.08. The van der Waals surface area contributed by atoms with Gasteiger partial charge < -0.3 is 20.5 Å². The van der Waals surface area contributed by atoms with Crippen LogP contribution in [0.4, 0.5) is 0 Å². The Bertz CT molecular complexity index is 363. The molecule has 0 aromatic rings. The Balaban J connectivity index is 0.00000264. The van der Waals surface area contributed by atoms with Gasteiger partial charge >= 0.3 is 0 Å². The number of rotatable bonds is 4. The molecule has 3 N–H and O–H groups in total. The number of hydrogen-bond acceptors (Lipinski definition) is 3. The number of nitrogens with zero attached hydrogens (tertiary/aromatic N) is 1. The quantitative estimate of drug-likeness (QED) is 0.358. The van der Waals surface area contributed by atoms with Crippen molar-refractivity contribution >= 4 is 29.9 Å². The van der Waals surface area contributed by atoms with Crippen LogP contribution in [0.1, 0.15) is 52.9 Å². The van der Waals surface area contributed by atoms with Gasteiger partial charge in [-0.3, -0.25) is 4.99 Å². The monoisotopic (exact) mass is 439 g/mol. The number of halogens is 1. The third-order valence-electron chi connectivity index (χ3n) is 4.82. The Kier molecular flexibility index (Phi) is 9.15. The van der Waals surface area contributed by atoms with Crippen molar-refractivity contribution in [3.63, 3.8) is 0 Å². The zero-order valence-electron chi connectivity index (χ0n) is 14.8. The van der Waals surface area contributed by atoms with Crippen molar-refractivity contribution in [2.75, 3.05) is 26.3 Å². The van der Waals surface area contributed by atoms with E-state index in [1.807, 2.05) is 0 Å². The molecule has 2 fully saturated rings. The Morgan fingerprint density at radius 1 is 1.17 bits per heavy atom. The molecule has 1 saturated heterocycles. The number of aliphatic imine (C=N–C) groups is 1. The molecule has 0 amide bonds. The van der Waals surface area contributed by atoms with Crippen LogP contribution in [0.15, 0.2) is 4.99 Å². The van der Waals surface area contributed by atoms with Crippen molar-refractivity contribution in [2.24, 2.45) is 16.8 Å². The summed E-state index contributed by atoms with van der Waals surface area (Å²) < 4.78 is 5.32. The second-order valence-electron chi connectivity index (χ2n) is 7.29. The SMILES string of the molecule is CCNC(=NCC1(O)CCOCC1)NC1CC(C)CC(C)C1.I. The van der Waals surface area contributed by atoms with Crippen LogP contribution in [0.3, 0.4) is 0 Å². The van der Waals surface area contributed by atoms with Crippen LogP contribution >= 0.6 is 24.0 Å². The molecule has 1 aliphatic heterocycles. The molecule has 1 saturated carbocycles. The maximum atomic E-state index is 10.5. The van der Waals surface area contributed by atoms with Crippen LogP contribution in [0.5, 0.6) is 0 Å². The maximum absolute atomic E-state index is 10.5. The zero-order valence-corrected chi connectivity index (χ0v) is 17.1. The van der Waals surface area contributed by atoms with Gasteiger partial charge in [-0.05, 0) is 38.0 Å². The Morgan fingerprint density at radius 2 is 1.78 bits per heavy atom. The first-order valence-corrected chi connectivity index (χ1v) is 8.85. The lowest BCUT2D eigenvalue weighted by Crippen LogP contribution is -2.47. The molecule has 2 unspecified atom stereocenters. The van der Waals surface area contributed by atoms with Crippen LogP contribution < -0.4 is 10.6 Å². The molecule has 2 rings (SSSR count). The summed E-state index contributed by atoms with van der Waals surface area (Å²) in [5.74, 6) is 2.38. The molecule has 0 aromatic heterocycles. The zero-order chi connectivity index (χ0) is 16.0. The lowest BCUT2D eigenvalue weighted by molar-refractivity contribution is -0.0566. The van der Waals surface area contributed by atoms with E-state index in [4.69, 9.17) is 4.74 Å². The molecule has 0 spiro atoms. The fraction of sp³-hybridized carbons (Fsp3) is 0.941. The normalized spacial score (nSPS) is 31.1. The molecular weight excluding hydrogens is 405 g/mol. The van der Waals surface area contributed by atoms with Gasteiger partial charge in [-0.25, -0.2) is 0 Å². The second-order valence-corrected chi connectivity index (χ2v) is 7.29. The highest BCUT2D eigenvalue weighted by molar-refractivity contribution is 14.0. The van der Waals surface area contributed by atoms with Gasteiger partial charge in [-0.15, -0.1) is 24.0 Å². The van der Waals surface area contributed by atoms with Crippen molar-refractivity contribution in [3.05, 3.63) is 0 Å². The molecular formula is C17H34IN3O2. The third kappa shape index (κ3) is 7.13. The average Bonchev–Trinajstić information content (AvgIpc) is 2.45. The predicted molar refractivity (Wildman–Crippen MR) is 105 cm³/mol. The van der Waals surface area contributed by atoms with Crippen molar-refractivity contribution in [2.45, 2.75) is 64.5 Å². The largest absolute Gasteiger partial charge is 0.388 e. The average molecular weight is 439 g/mol. The summed E-state index contributed by atoms with van der Waals surface area (Å²) >= 11 is 0. The summed E-state index contributed by atoms with van der Waals surface area (Å²) in [6.45, 7) is 9.29. The van der Waals surface area contributed by atoms with Crippen molar-refractivity contribution < 1.29 is 9.84 Å². The molecule has 5 nitrogen and oxygen atoms in total. The van der Waals surface area contributed by atoms with Crippen molar-refractivity contribution in [3.8, 4) is 0 Å². The minimum Gasteiger partial charge on any atom is -0.388 e. The fourth-order valence-electron chi connectivity index (χ4n) is 3.71. The van der Waals surface area contributed by atoms with Crippen molar-refractivity contribution in [1.29, 1.82) is 0 Å². The lowest BCUT2D eigenvalue weighted by Gasteiger charge is -2.34. The van der Waals surface area contributed by atoms with Gasteiger partial charge in [-0.1, -0.05) is 13.8 Å². The minimum atomic E-state index is -0.701. The Labute approximate surface area is 158 Å². The standard InChI is InChI=1S/C17H33N3O2.HI/c1-4-18-16(19-12-17(21)5-7-22-8-6-17)20-15-10-13(2)9-14(3)11-15;/h13-15,21H,4-12H2,1-3H3,(H2,18,19,20);1H. The van der Waals surface area contributed by atoms with E-state index >= 15 is 0 Å². The first-order valence-electron chi connectivity index (χ1n) is 8.85. The van der Waals surface area contributed by atoms with Crippen LogP contribution in [0.2, 0.25) is 0 Å². The van der Waals surface area contributed by atoms with Crippen LogP contribution in [0.25, 0.3) is 0 Å². The Morgan fingerprint density at radius 3 is 2.35 bits per heavy atom. The number of aliphatic hydroxyl groups is 1. The molecule has 1 heterocycles. The van der Waals surface area contributed by atoms with E-state index in [2.05, 4.69) is 36.4 Å². The van der Waals surface area contributed by atoms with E-state index in [9.17, 15) is 5.11 Å². The van der Waals surface area contributed by atoms with E-state index in [0.717, 1.165) is 24.3 Å². The summed E-state index contributed by atoms with van der Waals surface area (Å²) in [4.78, 5) is 4.64. The van der Waals surface area contributed by atoms with Gasteiger partial charge in [0.25, 0.3) is 0 Å². The second kappa shape index (κ2) is 10.0. The first kappa shape index (κ1) is 21.0.